The monoisotopic (exact) mass is 272 g/mol. The highest BCUT2D eigenvalue weighted by Crippen LogP contribution is 2.25. The molecule has 20 heavy (non-hydrogen) atoms. The average molecular weight is 272 g/mol. The number of hydrogen-bond donors (Lipinski definition) is 0. The van der Waals surface area contributed by atoms with Gasteiger partial charge in [0, 0.05) is 18.6 Å². The molecule has 0 radical (unpaired) electrons. The molecule has 2 saturated heterocycles. The summed E-state index contributed by atoms with van der Waals surface area (Å²) in [5.41, 5.74) is 1.46. The van der Waals surface area contributed by atoms with Crippen molar-refractivity contribution in [2.45, 2.75) is 57.7 Å². The Morgan fingerprint density at radius 2 is 1.70 bits per heavy atom. The minimum atomic E-state index is 0.814. The molecule has 1 atom stereocenters. The van der Waals surface area contributed by atoms with Crippen molar-refractivity contribution in [1.82, 2.24) is 9.80 Å². The van der Waals surface area contributed by atoms with Crippen LogP contribution in [-0.4, -0.2) is 41.5 Å². The summed E-state index contributed by atoms with van der Waals surface area (Å²) < 4.78 is 0. The molecule has 0 bridgehead atoms. The van der Waals surface area contributed by atoms with E-state index in [-0.39, 0.29) is 0 Å². The van der Waals surface area contributed by atoms with Crippen LogP contribution in [0, 0.1) is 0 Å². The van der Waals surface area contributed by atoms with Crippen LogP contribution in [0.25, 0.3) is 0 Å². The first kappa shape index (κ1) is 14.1. The summed E-state index contributed by atoms with van der Waals surface area (Å²) in [6, 6.07) is 12.6. The Hall–Kier alpha value is -0.860. The fourth-order valence-electron chi connectivity index (χ4n) is 3.91. The molecule has 2 nitrogen and oxygen atoms in total. The largest absolute Gasteiger partial charge is 0.299 e. The van der Waals surface area contributed by atoms with Crippen LogP contribution in [0.2, 0.25) is 0 Å². The van der Waals surface area contributed by atoms with E-state index in [0.29, 0.717) is 0 Å². The predicted octanol–water partition coefficient (Wildman–Crippen LogP) is 3.53. The van der Waals surface area contributed by atoms with Gasteiger partial charge in [-0.3, -0.25) is 9.80 Å². The zero-order valence-electron chi connectivity index (χ0n) is 12.8. The van der Waals surface area contributed by atoms with Crippen molar-refractivity contribution < 1.29 is 0 Å². The molecule has 0 spiro atoms. The SMILES string of the molecule is CC1CCCCN1C1CCN(Cc2ccccc2)CC1. The van der Waals surface area contributed by atoms with E-state index in [9.17, 15) is 0 Å². The van der Waals surface area contributed by atoms with E-state index in [0.717, 1.165) is 18.6 Å². The van der Waals surface area contributed by atoms with Crippen LogP contribution in [0.4, 0.5) is 0 Å². The maximum atomic E-state index is 2.79. The maximum Gasteiger partial charge on any atom is 0.0233 e. The molecule has 0 amide bonds. The highest BCUT2D eigenvalue weighted by Gasteiger charge is 2.28. The molecule has 2 aliphatic rings. The molecular formula is C18H28N2. The van der Waals surface area contributed by atoms with Crippen LogP contribution in [0.3, 0.4) is 0 Å². The molecule has 2 fully saturated rings. The molecule has 2 heteroatoms. The minimum absolute atomic E-state index is 0.814. The van der Waals surface area contributed by atoms with E-state index in [1.165, 1.54) is 57.3 Å². The molecule has 0 N–H and O–H groups in total. The lowest BCUT2D eigenvalue weighted by atomic mass is 9.95. The third-order valence-electron chi connectivity index (χ3n) is 5.13. The van der Waals surface area contributed by atoms with Gasteiger partial charge in [0.25, 0.3) is 0 Å². The predicted molar refractivity (Wildman–Crippen MR) is 84.8 cm³/mol. The van der Waals surface area contributed by atoms with Gasteiger partial charge in [0.05, 0.1) is 0 Å². The van der Waals surface area contributed by atoms with E-state index < -0.39 is 0 Å². The lowest BCUT2D eigenvalue weighted by Gasteiger charge is -2.43. The van der Waals surface area contributed by atoms with Crippen LogP contribution in [0.1, 0.15) is 44.6 Å². The highest BCUT2D eigenvalue weighted by atomic mass is 15.2. The Labute approximate surface area is 123 Å². The zero-order valence-corrected chi connectivity index (χ0v) is 12.8. The van der Waals surface area contributed by atoms with Gasteiger partial charge < -0.3 is 0 Å². The third-order valence-corrected chi connectivity index (χ3v) is 5.13. The quantitative estimate of drug-likeness (QED) is 0.830. The number of hydrogen-bond acceptors (Lipinski definition) is 2. The second-order valence-corrected chi connectivity index (χ2v) is 6.58. The van der Waals surface area contributed by atoms with Gasteiger partial charge in [-0.2, -0.15) is 0 Å². The molecule has 2 heterocycles. The third kappa shape index (κ3) is 3.42. The topological polar surface area (TPSA) is 6.48 Å². The van der Waals surface area contributed by atoms with Crippen molar-refractivity contribution >= 4 is 0 Å². The van der Waals surface area contributed by atoms with Crippen LogP contribution in [0.15, 0.2) is 30.3 Å². The van der Waals surface area contributed by atoms with Gasteiger partial charge in [-0.25, -0.2) is 0 Å². The Balaban J connectivity index is 1.49. The standard InChI is InChI=1S/C18H28N2/c1-16-7-5-6-12-20(16)18-10-13-19(14-11-18)15-17-8-3-2-4-9-17/h2-4,8-9,16,18H,5-7,10-15H2,1H3. The highest BCUT2D eigenvalue weighted by molar-refractivity contribution is 5.14. The van der Waals surface area contributed by atoms with Crippen molar-refractivity contribution in [3.05, 3.63) is 35.9 Å². The van der Waals surface area contributed by atoms with Crippen molar-refractivity contribution in [2.24, 2.45) is 0 Å². The van der Waals surface area contributed by atoms with E-state index in [2.05, 4.69) is 47.1 Å². The summed E-state index contributed by atoms with van der Waals surface area (Å²) in [6.45, 7) is 7.43. The second kappa shape index (κ2) is 6.73. The summed E-state index contributed by atoms with van der Waals surface area (Å²) in [5.74, 6) is 0. The summed E-state index contributed by atoms with van der Waals surface area (Å²) in [4.78, 5) is 5.42. The average Bonchev–Trinajstić information content (AvgIpc) is 2.50. The number of nitrogens with zero attached hydrogens (tertiary/aromatic N) is 2. The molecule has 0 aromatic heterocycles. The van der Waals surface area contributed by atoms with Crippen LogP contribution in [-0.2, 0) is 6.54 Å². The van der Waals surface area contributed by atoms with E-state index >= 15 is 0 Å². The van der Waals surface area contributed by atoms with Gasteiger partial charge in [-0.05, 0) is 57.8 Å². The van der Waals surface area contributed by atoms with Crippen molar-refractivity contribution in [3.8, 4) is 0 Å². The second-order valence-electron chi connectivity index (χ2n) is 6.58. The molecule has 1 aromatic rings. The van der Waals surface area contributed by atoms with E-state index in [1.54, 1.807) is 0 Å². The lowest BCUT2D eigenvalue weighted by molar-refractivity contribution is 0.0555. The number of benzene rings is 1. The van der Waals surface area contributed by atoms with Crippen LogP contribution >= 0.6 is 0 Å². The van der Waals surface area contributed by atoms with Gasteiger partial charge in [0.1, 0.15) is 0 Å². The van der Waals surface area contributed by atoms with Crippen molar-refractivity contribution in [1.29, 1.82) is 0 Å². The first-order valence-electron chi connectivity index (χ1n) is 8.35. The number of piperidine rings is 2. The molecule has 3 rings (SSSR count). The molecule has 1 unspecified atom stereocenters. The molecule has 0 aliphatic carbocycles. The Kier molecular flexibility index (Phi) is 4.74. The molecule has 1 aromatic carbocycles. The van der Waals surface area contributed by atoms with Gasteiger partial charge in [0.2, 0.25) is 0 Å². The smallest absolute Gasteiger partial charge is 0.0233 e. The van der Waals surface area contributed by atoms with Crippen molar-refractivity contribution in [2.75, 3.05) is 19.6 Å². The molecular weight excluding hydrogens is 244 g/mol. The van der Waals surface area contributed by atoms with Gasteiger partial charge >= 0.3 is 0 Å². The molecule has 110 valence electrons. The Morgan fingerprint density at radius 1 is 0.950 bits per heavy atom. The molecule has 0 saturated carbocycles. The van der Waals surface area contributed by atoms with Gasteiger partial charge in [-0.1, -0.05) is 36.8 Å². The Morgan fingerprint density at radius 3 is 2.40 bits per heavy atom. The summed E-state index contributed by atoms with van der Waals surface area (Å²) in [5, 5.41) is 0. The number of likely N-dealkylation sites (tertiary alicyclic amines) is 2. The first-order valence-corrected chi connectivity index (χ1v) is 8.35. The summed E-state index contributed by atoms with van der Waals surface area (Å²) >= 11 is 0. The zero-order chi connectivity index (χ0) is 13.8. The fourth-order valence-corrected chi connectivity index (χ4v) is 3.91. The summed E-state index contributed by atoms with van der Waals surface area (Å²) in [7, 11) is 0. The van der Waals surface area contributed by atoms with Gasteiger partial charge in [-0.15, -0.1) is 0 Å². The van der Waals surface area contributed by atoms with Gasteiger partial charge in [0.15, 0.2) is 0 Å². The maximum absolute atomic E-state index is 2.79. The minimum Gasteiger partial charge on any atom is -0.299 e. The van der Waals surface area contributed by atoms with E-state index in [4.69, 9.17) is 0 Å². The first-order chi connectivity index (χ1) is 9.83. The van der Waals surface area contributed by atoms with Crippen LogP contribution in [0.5, 0.6) is 0 Å². The fraction of sp³-hybridized carbons (Fsp3) is 0.667. The van der Waals surface area contributed by atoms with E-state index in [1.807, 2.05) is 0 Å². The van der Waals surface area contributed by atoms with Crippen LogP contribution < -0.4 is 0 Å². The number of rotatable bonds is 3. The lowest BCUT2D eigenvalue weighted by Crippen LogP contribution is -2.49. The molecule has 2 aliphatic heterocycles. The van der Waals surface area contributed by atoms with Crippen molar-refractivity contribution in [3.63, 3.8) is 0 Å². The summed E-state index contributed by atoms with van der Waals surface area (Å²) in [6.07, 6.45) is 6.97. The Bertz CT molecular complexity index is 395. The normalized spacial score (nSPS) is 26.8.